The van der Waals surface area contributed by atoms with Crippen LogP contribution in [0.15, 0.2) is 0 Å². The van der Waals surface area contributed by atoms with Crippen molar-refractivity contribution in [1.29, 1.82) is 0 Å². The monoisotopic (exact) mass is 242 g/mol. The topological polar surface area (TPSA) is 51.7 Å². The Hall–Kier alpha value is -0.0800. The van der Waals surface area contributed by atoms with Crippen LogP contribution in [0.25, 0.3) is 0 Å². The van der Waals surface area contributed by atoms with Crippen LogP contribution in [0, 0.1) is 23.2 Å². The molecule has 0 aromatic rings. The SMILES string of the molecule is CC(C)[C@@H]1CC[C@@]2(C)CCC[C@@](C)(O)[C@H]2C1.O. The lowest BCUT2D eigenvalue weighted by molar-refractivity contribution is -0.126. The molecule has 2 aliphatic carbocycles. The molecule has 0 heterocycles. The third kappa shape index (κ3) is 2.68. The molecule has 17 heavy (non-hydrogen) atoms. The van der Waals surface area contributed by atoms with Crippen molar-refractivity contribution in [1.82, 2.24) is 0 Å². The number of hydrogen-bond acceptors (Lipinski definition) is 1. The van der Waals surface area contributed by atoms with E-state index in [1.807, 2.05) is 0 Å². The summed E-state index contributed by atoms with van der Waals surface area (Å²) in [5.74, 6) is 2.15. The third-order valence-corrected chi connectivity index (χ3v) is 5.59. The van der Waals surface area contributed by atoms with E-state index < -0.39 is 5.60 Å². The molecule has 0 spiro atoms. The summed E-state index contributed by atoms with van der Waals surface area (Å²) in [7, 11) is 0. The Morgan fingerprint density at radius 1 is 1.12 bits per heavy atom. The maximum absolute atomic E-state index is 10.6. The van der Waals surface area contributed by atoms with Gasteiger partial charge in [0.15, 0.2) is 0 Å². The average molecular weight is 242 g/mol. The second kappa shape index (κ2) is 4.89. The summed E-state index contributed by atoms with van der Waals surface area (Å²) in [5, 5.41) is 10.6. The maximum Gasteiger partial charge on any atom is 0.0653 e. The van der Waals surface area contributed by atoms with Crippen molar-refractivity contribution in [3.05, 3.63) is 0 Å². The Bertz CT molecular complexity index is 260. The van der Waals surface area contributed by atoms with Crippen LogP contribution >= 0.6 is 0 Å². The summed E-state index contributed by atoms with van der Waals surface area (Å²) in [6.07, 6.45) is 7.52. The molecule has 4 atom stereocenters. The van der Waals surface area contributed by atoms with E-state index in [4.69, 9.17) is 0 Å². The zero-order valence-corrected chi connectivity index (χ0v) is 11.9. The lowest BCUT2D eigenvalue weighted by atomic mass is 9.53. The molecule has 2 aliphatic rings. The summed E-state index contributed by atoms with van der Waals surface area (Å²) < 4.78 is 0. The highest BCUT2D eigenvalue weighted by Gasteiger charge is 2.50. The molecular formula is C15H30O2. The normalized spacial score (nSPS) is 46.2. The predicted molar refractivity (Wildman–Crippen MR) is 71.9 cm³/mol. The van der Waals surface area contributed by atoms with Gasteiger partial charge in [0.05, 0.1) is 5.60 Å². The Labute approximate surface area is 106 Å². The van der Waals surface area contributed by atoms with Gasteiger partial charge >= 0.3 is 0 Å². The Kier molecular flexibility index (Phi) is 4.31. The lowest BCUT2D eigenvalue weighted by Gasteiger charge is -2.54. The fourth-order valence-electron chi connectivity index (χ4n) is 4.33. The molecule has 0 bridgehead atoms. The molecule has 0 saturated heterocycles. The van der Waals surface area contributed by atoms with Crippen LogP contribution in [-0.2, 0) is 0 Å². The molecule has 2 rings (SSSR count). The first-order valence-corrected chi connectivity index (χ1v) is 7.07. The zero-order chi connectivity index (χ0) is 12.0. The van der Waals surface area contributed by atoms with Crippen molar-refractivity contribution in [2.45, 2.75) is 71.8 Å². The van der Waals surface area contributed by atoms with Crippen molar-refractivity contribution in [2.75, 3.05) is 0 Å². The van der Waals surface area contributed by atoms with Crippen molar-refractivity contribution >= 4 is 0 Å². The first kappa shape index (κ1) is 15.0. The smallest absolute Gasteiger partial charge is 0.0653 e. The highest BCUT2D eigenvalue weighted by atomic mass is 16.3. The molecule has 0 amide bonds. The van der Waals surface area contributed by atoms with E-state index in [2.05, 4.69) is 27.7 Å². The molecule has 2 saturated carbocycles. The molecule has 0 radical (unpaired) electrons. The van der Waals surface area contributed by atoms with E-state index in [1.54, 1.807) is 0 Å². The van der Waals surface area contributed by atoms with Crippen molar-refractivity contribution in [3.8, 4) is 0 Å². The number of rotatable bonds is 1. The van der Waals surface area contributed by atoms with Crippen molar-refractivity contribution < 1.29 is 10.6 Å². The lowest BCUT2D eigenvalue weighted by Crippen LogP contribution is -2.51. The molecule has 3 N–H and O–H groups in total. The number of hydrogen-bond donors (Lipinski definition) is 1. The second-order valence-corrected chi connectivity index (χ2v) is 7.20. The molecule has 0 unspecified atom stereocenters. The van der Waals surface area contributed by atoms with Gasteiger partial charge in [0, 0.05) is 0 Å². The minimum absolute atomic E-state index is 0. The fourth-order valence-corrected chi connectivity index (χ4v) is 4.33. The molecular weight excluding hydrogens is 212 g/mol. The minimum Gasteiger partial charge on any atom is -0.412 e. The van der Waals surface area contributed by atoms with Crippen LogP contribution in [0.2, 0.25) is 0 Å². The van der Waals surface area contributed by atoms with Crippen molar-refractivity contribution in [3.63, 3.8) is 0 Å². The van der Waals surface area contributed by atoms with Crippen LogP contribution in [-0.4, -0.2) is 16.2 Å². The Morgan fingerprint density at radius 3 is 2.35 bits per heavy atom. The fraction of sp³-hybridized carbons (Fsp3) is 1.00. The van der Waals surface area contributed by atoms with Crippen LogP contribution < -0.4 is 0 Å². The molecule has 2 nitrogen and oxygen atoms in total. The molecule has 102 valence electrons. The maximum atomic E-state index is 10.6. The van der Waals surface area contributed by atoms with Crippen molar-refractivity contribution in [2.24, 2.45) is 23.2 Å². The van der Waals surface area contributed by atoms with Gasteiger partial charge in [-0.1, -0.05) is 27.2 Å². The van der Waals surface area contributed by atoms with E-state index in [0.717, 1.165) is 18.3 Å². The molecule has 2 fully saturated rings. The first-order valence-electron chi connectivity index (χ1n) is 7.07. The second-order valence-electron chi connectivity index (χ2n) is 7.20. The minimum atomic E-state index is -0.402. The Morgan fingerprint density at radius 2 is 1.76 bits per heavy atom. The van der Waals surface area contributed by atoms with E-state index >= 15 is 0 Å². The van der Waals surface area contributed by atoms with Crippen LogP contribution in [0.5, 0.6) is 0 Å². The average Bonchev–Trinajstić information content (AvgIpc) is 2.15. The summed E-state index contributed by atoms with van der Waals surface area (Å²) in [4.78, 5) is 0. The highest BCUT2D eigenvalue weighted by molar-refractivity contribution is 5.01. The van der Waals surface area contributed by atoms with E-state index in [-0.39, 0.29) is 5.48 Å². The van der Waals surface area contributed by atoms with Crippen LogP contribution in [0.4, 0.5) is 0 Å². The zero-order valence-electron chi connectivity index (χ0n) is 11.9. The van der Waals surface area contributed by atoms with Gasteiger partial charge in [-0.15, -0.1) is 0 Å². The molecule has 0 aromatic heterocycles. The van der Waals surface area contributed by atoms with E-state index in [0.29, 0.717) is 11.3 Å². The first-order chi connectivity index (χ1) is 7.35. The standard InChI is InChI=1S/C15H28O.H2O/c1-11(2)12-6-9-14(3)7-5-8-15(4,16)13(14)10-12;/h11-13,16H,5-10H2,1-4H3;1H2/t12-,13+,14-,15-;/m1./s1. The van der Waals surface area contributed by atoms with Gasteiger partial charge in [-0.2, -0.15) is 0 Å². The quantitative estimate of drug-likeness (QED) is 0.754. The third-order valence-electron chi connectivity index (χ3n) is 5.59. The van der Waals surface area contributed by atoms with Gasteiger partial charge in [-0.05, 0) is 62.2 Å². The van der Waals surface area contributed by atoms with E-state index in [1.165, 1.54) is 32.1 Å². The van der Waals surface area contributed by atoms with Gasteiger partial charge in [-0.3, -0.25) is 0 Å². The van der Waals surface area contributed by atoms with Crippen LogP contribution in [0.1, 0.15) is 66.2 Å². The van der Waals surface area contributed by atoms with E-state index in [9.17, 15) is 5.11 Å². The molecule has 2 heteroatoms. The predicted octanol–water partition coefficient (Wildman–Crippen LogP) is 3.18. The Balaban J connectivity index is 0.00000144. The molecule has 0 aliphatic heterocycles. The van der Waals surface area contributed by atoms with Crippen LogP contribution in [0.3, 0.4) is 0 Å². The van der Waals surface area contributed by atoms with Gasteiger partial charge < -0.3 is 10.6 Å². The summed E-state index contributed by atoms with van der Waals surface area (Å²) in [5.41, 5.74) is 0.0215. The summed E-state index contributed by atoms with van der Waals surface area (Å²) >= 11 is 0. The van der Waals surface area contributed by atoms with Gasteiger partial charge in [0.25, 0.3) is 0 Å². The summed E-state index contributed by atoms with van der Waals surface area (Å²) in [6.45, 7) is 9.18. The van der Waals surface area contributed by atoms with Gasteiger partial charge in [0.2, 0.25) is 0 Å². The largest absolute Gasteiger partial charge is 0.412 e. The molecule has 0 aromatic carbocycles. The number of fused-ring (bicyclic) bond motifs is 1. The number of aliphatic hydroxyl groups is 1. The van der Waals surface area contributed by atoms with Gasteiger partial charge in [0.1, 0.15) is 0 Å². The highest BCUT2D eigenvalue weighted by Crippen LogP contribution is 2.56. The summed E-state index contributed by atoms with van der Waals surface area (Å²) in [6, 6.07) is 0. The van der Waals surface area contributed by atoms with Gasteiger partial charge in [-0.25, -0.2) is 0 Å².